The van der Waals surface area contributed by atoms with E-state index in [1.165, 1.54) is 5.56 Å². The third-order valence-corrected chi connectivity index (χ3v) is 3.83. The summed E-state index contributed by atoms with van der Waals surface area (Å²) in [7, 11) is -0.751. The maximum absolute atomic E-state index is 11.1. The Kier molecular flexibility index (Phi) is 7.08. The third kappa shape index (κ3) is 6.56. The Balaban J connectivity index is 2.00. The molecule has 17 heavy (non-hydrogen) atoms. The lowest BCUT2D eigenvalue weighted by Crippen LogP contribution is -2.30. The van der Waals surface area contributed by atoms with Gasteiger partial charge in [0.1, 0.15) is 0 Å². The zero-order valence-corrected chi connectivity index (χ0v) is 11.3. The Labute approximate surface area is 106 Å². The molecule has 0 spiro atoms. The first-order valence-electron chi connectivity index (χ1n) is 5.84. The molecule has 1 N–H and O–H groups in total. The molecule has 1 aromatic carbocycles. The molecule has 1 rings (SSSR count). The van der Waals surface area contributed by atoms with Crippen molar-refractivity contribution < 1.29 is 8.95 Å². The van der Waals surface area contributed by atoms with Crippen LogP contribution in [0.15, 0.2) is 30.3 Å². The van der Waals surface area contributed by atoms with Gasteiger partial charge in [0.25, 0.3) is 0 Å². The highest BCUT2D eigenvalue weighted by molar-refractivity contribution is 7.84. The summed E-state index contributed by atoms with van der Waals surface area (Å²) >= 11 is 0. The summed E-state index contributed by atoms with van der Waals surface area (Å²) < 4.78 is 16.6. The maximum Gasteiger partial charge on any atom is 0.0717 e. The van der Waals surface area contributed by atoms with Gasteiger partial charge in [-0.25, -0.2) is 0 Å². The minimum absolute atomic E-state index is 0.198. The second-order valence-electron chi connectivity index (χ2n) is 4.05. The van der Waals surface area contributed by atoms with E-state index < -0.39 is 10.8 Å². The molecule has 2 atom stereocenters. The van der Waals surface area contributed by atoms with Gasteiger partial charge < -0.3 is 10.1 Å². The van der Waals surface area contributed by atoms with Crippen molar-refractivity contribution in [3.63, 3.8) is 0 Å². The zero-order chi connectivity index (χ0) is 12.5. The van der Waals surface area contributed by atoms with E-state index in [-0.39, 0.29) is 5.25 Å². The van der Waals surface area contributed by atoms with E-state index in [1.807, 2.05) is 25.1 Å². The van der Waals surface area contributed by atoms with Crippen LogP contribution in [0.3, 0.4) is 0 Å². The summed E-state index contributed by atoms with van der Waals surface area (Å²) in [6, 6.07) is 10.1. The first kappa shape index (κ1) is 14.4. The fourth-order valence-corrected chi connectivity index (χ4v) is 1.68. The molecule has 0 aliphatic carbocycles. The lowest BCUT2D eigenvalue weighted by Gasteiger charge is -2.10. The molecule has 0 amide bonds. The molecule has 0 heterocycles. The number of hydrogen-bond acceptors (Lipinski definition) is 3. The number of rotatable bonds is 8. The Bertz CT molecular complexity index is 329. The van der Waals surface area contributed by atoms with Crippen LogP contribution in [0.25, 0.3) is 0 Å². The van der Waals surface area contributed by atoms with E-state index in [9.17, 15) is 4.21 Å². The van der Waals surface area contributed by atoms with Gasteiger partial charge >= 0.3 is 0 Å². The summed E-state index contributed by atoms with van der Waals surface area (Å²) in [6.45, 7) is 4.88. The maximum atomic E-state index is 11.1. The molecule has 2 unspecified atom stereocenters. The molecule has 0 radical (unpaired) electrons. The van der Waals surface area contributed by atoms with Gasteiger partial charge in [0, 0.05) is 35.4 Å². The lowest BCUT2D eigenvalue weighted by molar-refractivity contribution is 0.123. The van der Waals surface area contributed by atoms with Crippen LogP contribution >= 0.6 is 0 Å². The van der Waals surface area contributed by atoms with Gasteiger partial charge in [0.2, 0.25) is 0 Å². The van der Waals surface area contributed by atoms with E-state index in [2.05, 4.69) is 17.4 Å². The van der Waals surface area contributed by atoms with E-state index in [4.69, 9.17) is 4.74 Å². The first-order chi connectivity index (χ1) is 8.20. The second kappa shape index (κ2) is 8.39. The molecule has 1 aromatic rings. The summed E-state index contributed by atoms with van der Waals surface area (Å²) in [6.07, 6.45) is 1.73. The fraction of sp³-hybridized carbons (Fsp3) is 0.538. The predicted molar refractivity (Wildman–Crippen MR) is 72.5 cm³/mol. The Morgan fingerprint density at radius 1 is 1.35 bits per heavy atom. The molecule has 0 aromatic heterocycles. The van der Waals surface area contributed by atoms with Crippen molar-refractivity contribution in [1.29, 1.82) is 0 Å². The van der Waals surface area contributed by atoms with Gasteiger partial charge in [-0.1, -0.05) is 30.3 Å². The minimum atomic E-state index is -0.751. The highest BCUT2D eigenvalue weighted by Crippen LogP contribution is 1.99. The van der Waals surface area contributed by atoms with Crippen LogP contribution in [0.5, 0.6) is 0 Å². The van der Waals surface area contributed by atoms with Crippen LogP contribution in [0.2, 0.25) is 0 Å². The van der Waals surface area contributed by atoms with Crippen molar-refractivity contribution in [3.05, 3.63) is 35.9 Å². The van der Waals surface area contributed by atoms with Gasteiger partial charge in [0.05, 0.1) is 13.2 Å². The van der Waals surface area contributed by atoms with Crippen molar-refractivity contribution in [2.75, 3.05) is 26.0 Å². The molecule has 0 aliphatic rings. The van der Waals surface area contributed by atoms with Crippen LogP contribution in [-0.2, 0) is 22.1 Å². The number of benzene rings is 1. The van der Waals surface area contributed by atoms with Gasteiger partial charge in [-0.05, 0) is 12.5 Å². The van der Waals surface area contributed by atoms with Crippen molar-refractivity contribution in [1.82, 2.24) is 5.32 Å². The molecule has 0 bridgehead atoms. The highest BCUT2D eigenvalue weighted by Gasteiger charge is 2.04. The predicted octanol–water partition coefficient (Wildman–Crippen LogP) is 1.56. The lowest BCUT2D eigenvalue weighted by atomic mass is 10.2. The van der Waals surface area contributed by atoms with E-state index in [1.54, 1.807) is 6.26 Å². The standard InChI is InChI=1S/C13H21NO2S/c1-12(17(2)15)10-14-8-9-16-11-13-6-4-3-5-7-13/h3-7,12,14H,8-11H2,1-2H3. The molecule has 4 heteroatoms. The average molecular weight is 255 g/mol. The second-order valence-corrected chi connectivity index (χ2v) is 5.85. The molecule has 0 saturated heterocycles. The Morgan fingerprint density at radius 2 is 2.06 bits per heavy atom. The van der Waals surface area contributed by atoms with Crippen molar-refractivity contribution in [2.45, 2.75) is 18.8 Å². The van der Waals surface area contributed by atoms with Crippen LogP contribution in [0, 0.1) is 0 Å². The van der Waals surface area contributed by atoms with E-state index in [0.717, 1.165) is 13.1 Å². The van der Waals surface area contributed by atoms with Gasteiger partial charge in [-0.3, -0.25) is 4.21 Å². The average Bonchev–Trinajstić information content (AvgIpc) is 2.34. The number of nitrogens with one attached hydrogen (secondary N) is 1. The number of hydrogen-bond donors (Lipinski definition) is 1. The Morgan fingerprint density at radius 3 is 2.71 bits per heavy atom. The zero-order valence-electron chi connectivity index (χ0n) is 10.5. The van der Waals surface area contributed by atoms with Crippen molar-refractivity contribution >= 4 is 10.8 Å². The molecular weight excluding hydrogens is 234 g/mol. The SMILES string of the molecule is CC(CNCCOCc1ccccc1)S(C)=O. The largest absolute Gasteiger partial charge is 0.375 e. The normalized spacial score (nSPS) is 14.5. The van der Waals surface area contributed by atoms with Crippen molar-refractivity contribution in [2.24, 2.45) is 0 Å². The molecule has 0 aliphatic heterocycles. The van der Waals surface area contributed by atoms with Crippen LogP contribution in [-0.4, -0.2) is 35.4 Å². The Hall–Kier alpha value is -0.710. The van der Waals surface area contributed by atoms with Gasteiger partial charge in [-0.2, -0.15) is 0 Å². The summed E-state index contributed by atoms with van der Waals surface area (Å²) in [5.41, 5.74) is 1.19. The first-order valence-corrected chi connectivity index (χ1v) is 7.47. The number of ether oxygens (including phenoxy) is 1. The van der Waals surface area contributed by atoms with Crippen LogP contribution in [0.1, 0.15) is 12.5 Å². The molecule has 0 fully saturated rings. The minimum Gasteiger partial charge on any atom is -0.375 e. The fourth-order valence-electron chi connectivity index (χ4n) is 1.33. The van der Waals surface area contributed by atoms with Gasteiger partial charge in [-0.15, -0.1) is 0 Å². The van der Waals surface area contributed by atoms with Crippen molar-refractivity contribution in [3.8, 4) is 0 Å². The van der Waals surface area contributed by atoms with Crippen LogP contribution < -0.4 is 5.32 Å². The molecule has 3 nitrogen and oxygen atoms in total. The highest BCUT2D eigenvalue weighted by atomic mass is 32.2. The molecule has 96 valence electrons. The summed E-state index contributed by atoms with van der Waals surface area (Å²) in [4.78, 5) is 0. The monoisotopic (exact) mass is 255 g/mol. The van der Waals surface area contributed by atoms with Crippen LogP contribution in [0.4, 0.5) is 0 Å². The smallest absolute Gasteiger partial charge is 0.0717 e. The van der Waals surface area contributed by atoms with E-state index in [0.29, 0.717) is 13.2 Å². The summed E-state index contributed by atoms with van der Waals surface area (Å²) in [5, 5.41) is 3.43. The molecular formula is C13H21NO2S. The van der Waals surface area contributed by atoms with E-state index >= 15 is 0 Å². The third-order valence-electron chi connectivity index (χ3n) is 2.53. The topological polar surface area (TPSA) is 38.3 Å². The quantitative estimate of drug-likeness (QED) is 0.716. The molecule has 0 saturated carbocycles. The van der Waals surface area contributed by atoms with Gasteiger partial charge in [0.15, 0.2) is 0 Å². The summed E-state index contributed by atoms with van der Waals surface area (Å²) in [5.74, 6) is 0.